The number of halogens is 4. The summed E-state index contributed by atoms with van der Waals surface area (Å²) in [5, 5.41) is 13.8. The number of aromatic nitrogens is 2. The maximum absolute atomic E-state index is 13.3. The quantitative estimate of drug-likeness (QED) is 0.309. The highest BCUT2D eigenvalue weighted by molar-refractivity contribution is 7.20. The average Bonchev–Trinajstić information content (AvgIpc) is 3.46. The van der Waals surface area contributed by atoms with Crippen LogP contribution in [-0.2, 0) is 25.5 Å². The normalized spacial score (nSPS) is 16.5. The second-order valence-electron chi connectivity index (χ2n) is 8.32. The molecule has 1 saturated heterocycles. The number of nitrogens with two attached hydrogens (primary N) is 1. The Morgan fingerprint density at radius 3 is 2.52 bits per heavy atom. The molecule has 3 amide bonds. The molecule has 1 atom stereocenters. The first kappa shape index (κ1) is 30.4. The van der Waals surface area contributed by atoms with Crippen LogP contribution in [0.5, 0.6) is 0 Å². The van der Waals surface area contributed by atoms with Gasteiger partial charge in [-0.2, -0.15) is 13.2 Å². The molecular weight excluding hydrogens is 581 g/mol. The summed E-state index contributed by atoms with van der Waals surface area (Å²) in [7, 11) is 1.23. The number of alkyl halides is 3. The Morgan fingerprint density at radius 1 is 1.27 bits per heavy atom. The molecule has 4 rings (SSSR count). The van der Waals surface area contributed by atoms with Gasteiger partial charge in [0.2, 0.25) is 5.91 Å². The molecule has 0 spiro atoms. The summed E-state index contributed by atoms with van der Waals surface area (Å²) in [5.41, 5.74) is 5.97. The van der Waals surface area contributed by atoms with Crippen LogP contribution in [0, 0.1) is 0 Å². The Hall–Kier alpha value is -4.18. The highest BCUT2D eigenvalue weighted by Crippen LogP contribution is 2.32. The number of aliphatic carboxylic acids is 1. The third-order valence-corrected chi connectivity index (χ3v) is 6.94. The van der Waals surface area contributed by atoms with Gasteiger partial charge in [-0.3, -0.25) is 19.8 Å². The predicted octanol–water partition coefficient (Wildman–Crippen LogP) is 3.07. The van der Waals surface area contributed by atoms with Gasteiger partial charge in [0.05, 0.1) is 22.0 Å². The van der Waals surface area contributed by atoms with Crippen molar-refractivity contribution in [2.24, 2.45) is 0 Å². The van der Waals surface area contributed by atoms with Crippen LogP contribution in [0.15, 0.2) is 36.7 Å². The van der Waals surface area contributed by atoms with Crippen LogP contribution < -0.4 is 16.4 Å². The lowest BCUT2D eigenvalue weighted by Crippen LogP contribution is -2.60. The molecule has 12 nitrogen and oxygen atoms in total. The van der Waals surface area contributed by atoms with Crippen LogP contribution in [0.1, 0.15) is 12.0 Å². The van der Waals surface area contributed by atoms with Gasteiger partial charge in [0, 0.05) is 18.4 Å². The van der Waals surface area contributed by atoms with Gasteiger partial charge in [-0.05, 0) is 36.2 Å². The van der Waals surface area contributed by atoms with Gasteiger partial charge in [-0.15, -0.1) is 11.3 Å². The lowest BCUT2D eigenvalue weighted by molar-refractivity contribution is -0.192. The van der Waals surface area contributed by atoms with E-state index in [1.54, 1.807) is 24.3 Å². The number of nitrogens with zero attached hydrogens (tertiary/aromatic N) is 3. The van der Waals surface area contributed by atoms with Crippen LogP contribution >= 0.6 is 22.9 Å². The van der Waals surface area contributed by atoms with Crippen LogP contribution in [0.3, 0.4) is 0 Å². The molecule has 1 aromatic carbocycles. The number of hydrogen-bond donors (Lipinski definition) is 4. The molecule has 1 aliphatic rings. The van der Waals surface area contributed by atoms with Gasteiger partial charge >= 0.3 is 24.1 Å². The van der Waals surface area contributed by atoms with Crippen LogP contribution in [-0.4, -0.2) is 75.8 Å². The fraction of sp³-hybridized carbons (Fsp3) is 0.304. The van der Waals surface area contributed by atoms with E-state index in [4.69, 9.17) is 32.0 Å². The number of hydrogen-bond acceptors (Lipinski definition) is 9. The topological polar surface area (TPSA) is 177 Å². The van der Waals surface area contributed by atoms with Crippen LogP contribution in [0.4, 0.5) is 28.8 Å². The standard InChI is InChI=1S/C21H21ClN6O4S.C2HF3O2/c1-32-17(29)10-28(20(31)27-16-5-4-15(22)33-16)21(6-7-24-19(21)30)9-12-2-3-13-14(8-12)25-11-26-18(13)23;3-2(4,5)1(6)7/h2-5,8,11H,6-7,9-10H2,1H3,(H,24,30)(H,27,31)(H2,23,25,26);(H,6,7)/t21-;/m1./s1. The molecule has 17 heteroatoms. The first-order chi connectivity index (χ1) is 18.8. The molecule has 3 heterocycles. The molecule has 0 radical (unpaired) electrons. The molecule has 2 aromatic heterocycles. The van der Waals surface area contributed by atoms with Gasteiger partial charge < -0.3 is 20.9 Å². The van der Waals surface area contributed by atoms with Crippen molar-refractivity contribution in [3.63, 3.8) is 0 Å². The third-order valence-electron chi connectivity index (χ3n) is 5.80. The fourth-order valence-electron chi connectivity index (χ4n) is 3.92. The number of urea groups is 1. The summed E-state index contributed by atoms with van der Waals surface area (Å²) in [6.45, 7) is -0.0468. The van der Waals surface area contributed by atoms with Crippen molar-refractivity contribution >= 4 is 68.5 Å². The molecule has 40 heavy (non-hydrogen) atoms. The van der Waals surface area contributed by atoms with E-state index in [9.17, 15) is 27.6 Å². The number of rotatable bonds is 6. The number of carbonyl (C=O) groups excluding carboxylic acids is 3. The Morgan fingerprint density at radius 2 is 1.98 bits per heavy atom. The number of fused-ring (bicyclic) bond motifs is 1. The van der Waals surface area contributed by atoms with Crippen LogP contribution in [0.2, 0.25) is 4.34 Å². The summed E-state index contributed by atoms with van der Waals surface area (Å²) >= 11 is 7.14. The second-order valence-corrected chi connectivity index (χ2v) is 10.0. The van der Waals surface area contributed by atoms with Gasteiger partial charge in [0.1, 0.15) is 24.2 Å². The number of carboxylic acid groups (broad SMARTS) is 1. The fourth-order valence-corrected chi connectivity index (χ4v) is 4.85. The van der Waals surface area contributed by atoms with Gasteiger partial charge in [-0.1, -0.05) is 17.7 Å². The van der Waals surface area contributed by atoms with Crippen molar-refractivity contribution in [1.29, 1.82) is 0 Å². The van der Waals surface area contributed by atoms with E-state index in [0.717, 1.165) is 5.56 Å². The number of esters is 1. The third kappa shape index (κ3) is 7.06. The van der Waals surface area contributed by atoms with Gasteiger partial charge in [0.15, 0.2) is 0 Å². The SMILES string of the molecule is COC(=O)CN(C(=O)Nc1ccc(Cl)s1)[C@@]1(Cc2ccc3c(N)ncnc3c2)CCNC1=O.O=C(O)C(F)(F)F. The largest absolute Gasteiger partial charge is 0.490 e. The van der Waals surface area contributed by atoms with Gasteiger partial charge in [-0.25, -0.2) is 19.6 Å². The highest BCUT2D eigenvalue weighted by Gasteiger charge is 2.50. The van der Waals surface area contributed by atoms with Crippen molar-refractivity contribution in [1.82, 2.24) is 20.2 Å². The number of carbonyl (C=O) groups is 4. The maximum Gasteiger partial charge on any atom is 0.490 e. The smallest absolute Gasteiger partial charge is 0.475 e. The number of anilines is 2. The van der Waals surface area contributed by atoms with E-state index in [2.05, 4.69) is 20.6 Å². The monoisotopic (exact) mass is 602 g/mol. The maximum atomic E-state index is 13.3. The first-order valence-corrected chi connectivity index (χ1v) is 12.4. The zero-order chi connectivity index (χ0) is 29.7. The van der Waals surface area contributed by atoms with Crippen molar-refractivity contribution in [2.75, 3.05) is 31.2 Å². The van der Waals surface area contributed by atoms with E-state index in [1.165, 1.54) is 29.7 Å². The zero-order valence-electron chi connectivity index (χ0n) is 20.6. The number of thiophene rings is 1. The minimum Gasteiger partial charge on any atom is -0.475 e. The summed E-state index contributed by atoms with van der Waals surface area (Å²) in [5.74, 6) is -3.41. The van der Waals surface area contributed by atoms with Crippen molar-refractivity contribution in [2.45, 2.75) is 24.6 Å². The van der Waals surface area contributed by atoms with E-state index in [0.29, 0.717) is 39.0 Å². The van der Waals surface area contributed by atoms with E-state index in [1.807, 2.05) is 6.07 Å². The van der Waals surface area contributed by atoms with Crippen LogP contribution in [0.25, 0.3) is 10.9 Å². The minimum absolute atomic E-state index is 0.161. The summed E-state index contributed by atoms with van der Waals surface area (Å²) in [6.07, 6.45) is -3.25. The highest BCUT2D eigenvalue weighted by atomic mass is 35.5. The minimum atomic E-state index is -5.08. The molecule has 0 aliphatic carbocycles. The Kier molecular flexibility index (Phi) is 9.36. The van der Waals surface area contributed by atoms with E-state index < -0.39 is 36.2 Å². The number of methoxy groups -OCH3 is 1. The molecular formula is C23H22ClF3N6O6S. The van der Waals surface area contributed by atoms with Gasteiger partial charge in [0.25, 0.3) is 0 Å². The number of amides is 3. The summed E-state index contributed by atoms with van der Waals surface area (Å²) in [4.78, 5) is 57.0. The predicted molar refractivity (Wildman–Crippen MR) is 139 cm³/mol. The molecule has 5 N–H and O–H groups in total. The second kappa shape index (κ2) is 12.3. The Labute approximate surface area is 233 Å². The summed E-state index contributed by atoms with van der Waals surface area (Å²) < 4.78 is 37.0. The number of carboxylic acids is 1. The molecule has 214 valence electrons. The molecule has 1 aliphatic heterocycles. The van der Waals surface area contributed by atoms with Crippen molar-refractivity contribution in [3.05, 3.63) is 46.6 Å². The lowest BCUT2D eigenvalue weighted by atomic mass is 9.87. The number of ether oxygens (including phenoxy) is 1. The first-order valence-electron chi connectivity index (χ1n) is 11.2. The number of nitrogen functional groups attached to an aromatic ring is 1. The zero-order valence-corrected chi connectivity index (χ0v) is 22.2. The van der Waals surface area contributed by atoms with Crippen molar-refractivity contribution in [3.8, 4) is 0 Å². The summed E-state index contributed by atoms with van der Waals surface area (Å²) in [6, 6.07) is 8.07. The number of benzene rings is 1. The molecule has 0 bridgehead atoms. The molecule has 1 fully saturated rings. The Balaban J connectivity index is 0.000000559. The molecule has 3 aromatic rings. The van der Waals surface area contributed by atoms with Crippen molar-refractivity contribution < 1.29 is 42.2 Å². The number of nitrogens with one attached hydrogen (secondary N) is 2. The molecule has 0 unspecified atom stereocenters. The Bertz CT molecular complexity index is 1440. The molecule has 0 saturated carbocycles. The average molecular weight is 603 g/mol. The lowest BCUT2D eigenvalue weighted by Gasteiger charge is -2.38. The van der Waals surface area contributed by atoms with E-state index >= 15 is 0 Å². The van der Waals surface area contributed by atoms with E-state index in [-0.39, 0.29) is 12.3 Å².